The van der Waals surface area contributed by atoms with E-state index in [1.54, 1.807) is 7.11 Å². The molecule has 0 radical (unpaired) electrons. The third-order valence-corrected chi connectivity index (χ3v) is 1.80. The van der Waals surface area contributed by atoms with Crippen molar-refractivity contribution < 1.29 is 14.6 Å². The van der Waals surface area contributed by atoms with E-state index in [0.717, 1.165) is 0 Å². The maximum Gasteiger partial charge on any atom is 0.306 e. The Morgan fingerprint density at radius 1 is 1.80 bits per heavy atom. The van der Waals surface area contributed by atoms with Gasteiger partial charge in [-0.15, -0.1) is 0 Å². The molecular formula is C6H11NO3. The summed E-state index contributed by atoms with van der Waals surface area (Å²) in [5, 5.41) is 11.4. The quantitative estimate of drug-likeness (QED) is 0.559. The third-order valence-electron chi connectivity index (χ3n) is 1.80. The van der Waals surface area contributed by atoms with Crippen LogP contribution in [-0.2, 0) is 9.53 Å². The highest BCUT2D eigenvalue weighted by molar-refractivity contribution is 5.68. The first kappa shape index (κ1) is 7.50. The van der Waals surface area contributed by atoms with Crippen molar-refractivity contribution in [1.29, 1.82) is 0 Å². The number of rotatable bonds is 3. The number of methoxy groups -OCH3 is 1. The molecule has 1 aliphatic rings. The maximum absolute atomic E-state index is 10.3. The van der Waals surface area contributed by atoms with Gasteiger partial charge in [0.25, 0.3) is 0 Å². The van der Waals surface area contributed by atoms with Gasteiger partial charge in [0.2, 0.25) is 0 Å². The first-order chi connectivity index (χ1) is 4.68. The molecule has 1 saturated heterocycles. The number of carboxylic acid groups (broad SMARTS) is 1. The zero-order chi connectivity index (χ0) is 7.61. The summed E-state index contributed by atoms with van der Waals surface area (Å²) in [7, 11) is 1.55. The van der Waals surface area contributed by atoms with Gasteiger partial charge in [0.1, 0.15) is 5.60 Å². The van der Waals surface area contributed by atoms with Crippen LogP contribution in [0, 0.1) is 0 Å². The van der Waals surface area contributed by atoms with Crippen molar-refractivity contribution in [3.63, 3.8) is 0 Å². The Morgan fingerprint density at radius 2 is 2.40 bits per heavy atom. The van der Waals surface area contributed by atoms with E-state index in [1.807, 2.05) is 0 Å². The standard InChI is InChI=1S/C6H11NO3/c1-10-6(2-5(8)9)3-7-4-6/h7H,2-4H2,1H3,(H,8,9). The topological polar surface area (TPSA) is 58.6 Å². The van der Waals surface area contributed by atoms with Crippen molar-refractivity contribution in [2.75, 3.05) is 20.2 Å². The summed E-state index contributed by atoms with van der Waals surface area (Å²) in [6.07, 6.45) is 0.0938. The van der Waals surface area contributed by atoms with Crippen LogP contribution < -0.4 is 5.32 Å². The summed E-state index contributed by atoms with van der Waals surface area (Å²) in [5.74, 6) is -0.802. The lowest BCUT2D eigenvalue weighted by Crippen LogP contribution is -2.61. The second-order valence-electron chi connectivity index (χ2n) is 2.56. The molecule has 1 rings (SSSR count). The maximum atomic E-state index is 10.3. The van der Waals surface area contributed by atoms with Gasteiger partial charge in [-0.25, -0.2) is 0 Å². The van der Waals surface area contributed by atoms with Crippen molar-refractivity contribution in [1.82, 2.24) is 5.32 Å². The van der Waals surface area contributed by atoms with Crippen LogP contribution in [0.15, 0.2) is 0 Å². The van der Waals surface area contributed by atoms with Crippen LogP contribution in [0.1, 0.15) is 6.42 Å². The van der Waals surface area contributed by atoms with E-state index >= 15 is 0 Å². The minimum Gasteiger partial charge on any atom is -0.481 e. The fourth-order valence-corrected chi connectivity index (χ4v) is 1.02. The second kappa shape index (κ2) is 2.56. The molecule has 2 N–H and O–H groups in total. The molecule has 0 bridgehead atoms. The molecular weight excluding hydrogens is 134 g/mol. The van der Waals surface area contributed by atoms with Crippen LogP contribution in [0.2, 0.25) is 0 Å². The van der Waals surface area contributed by atoms with Gasteiger partial charge in [-0.2, -0.15) is 0 Å². The SMILES string of the molecule is COC1(CC(=O)O)CNC1. The fraction of sp³-hybridized carbons (Fsp3) is 0.833. The summed E-state index contributed by atoms with van der Waals surface area (Å²) < 4.78 is 5.04. The Hall–Kier alpha value is -0.610. The largest absolute Gasteiger partial charge is 0.481 e. The Morgan fingerprint density at radius 3 is 2.50 bits per heavy atom. The minimum absolute atomic E-state index is 0.0938. The van der Waals surface area contributed by atoms with Crippen LogP contribution in [0.5, 0.6) is 0 Å². The molecule has 4 heteroatoms. The number of hydrogen-bond donors (Lipinski definition) is 2. The molecule has 0 saturated carbocycles. The summed E-state index contributed by atoms with van der Waals surface area (Å²) in [4.78, 5) is 10.3. The normalized spacial score (nSPS) is 21.7. The van der Waals surface area contributed by atoms with Crippen molar-refractivity contribution in [2.24, 2.45) is 0 Å². The molecule has 58 valence electrons. The molecule has 0 atom stereocenters. The van der Waals surface area contributed by atoms with Gasteiger partial charge in [0.15, 0.2) is 0 Å². The molecule has 0 aromatic rings. The highest BCUT2D eigenvalue weighted by Crippen LogP contribution is 2.19. The predicted octanol–water partition coefficient (Wildman–Crippen LogP) is -0.551. The first-order valence-electron chi connectivity index (χ1n) is 3.16. The monoisotopic (exact) mass is 145 g/mol. The molecule has 0 aromatic carbocycles. The van der Waals surface area contributed by atoms with E-state index in [9.17, 15) is 4.79 Å². The van der Waals surface area contributed by atoms with Crippen molar-refractivity contribution >= 4 is 5.97 Å². The number of ether oxygens (including phenoxy) is 1. The minimum atomic E-state index is -0.802. The van der Waals surface area contributed by atoms with Crippen LogP contribution >= 0.6 is 0 Å². The van der Waals surface area contributed by atoms with Gasteiger partial charge < -0.3 is 15.2 Å². The zero-order valence-corrected chi connectivity index (χ0v) is 5.89. The molecule has 10 heavy (non-hydrogen) atoms. The average Bonchev–Trinajstić information content (AvgIpc) is 1.78. The van der Waals surface area contributed by atoms with Gasteiger partial charge in [0.05, 0.1) is 6.42 Å². The van der Waals surface area contributed by atoms with Crippen LogP contribution in [0.3, 0.4) is 0 Å². The third kappa shape index (κ3) is 1.27. The number of nitrogens with one attached hydrogen (secondary N) is 1. The van der Waals surface area contributed by atoms with Crippen LogP contribution in [-0.4, -0.2) is 36.9 Å². The number of carbonyl (C=O) groups is 1. The van der Waals surface area contributed by atoms with Gasteiger partial charge in [0, 0.05) is 20.2 Å². The van der Waals surface area contributed by atoms with Crippen LogP contribution in [0.25, 0.3) is 0 Å². The zero-order valence-electron chi connectivity index (χ0n) is 5.89. The highest BCUT2D eigenvalue weighted by atomic mass is 16.5. The van der Waals surface area contributed by atoms with E-state index in [4.69, 9.17) is 9.84 Å². The molecule has 1 aliphatic heterocycles. The van der Waals surface area contributed by atoms with Gasteiger partial charge in [-0.1, -0.05) is 0 Å². The van der Waals surface area contributed by atoms with E-state index < -0.39 is 11.6 Å². The van der Waals surface area contributed by atoms with E-state index in [-0.39, 0.29) is 6.42 Å². The lowest BCUT2D eigenvalue weighted by molar-refractivity contribution is -0.147. The van der Waals surface area contributed by atoms with E-state index in [2.05, 4.69) is 5.32 Å². The summed E-state index contributed by atoms with van der Waals surface area (Å²) in [6, 6.07) is 0. The fourth-order valence-electron chi connectivity index (χ4n) is 1.02. The Kier molecular flexibility index (Phi) is 1.92. The lowest BCUT2D eigenvalue weighted by Gasteiger charge is -2.39. The Bertz CT molecular complexity index is 136. The number of aliphatic carboxylic acids is 1. The molecule has 1 heterocycles. The van der Waals surface area contributed by atoms with Crippen molar-refractivity contribution in [3.8, 4) is 0 Å². The Labute approximate surface area is 59.2 Å². The predicted molar refractivity (Wildman–Crippen MR) is 34.9 cm³/mol. The molecule has 0 spiro atoms. The van der Waals surface area contributed by atoms with Gasteiger partial charge in [-0.3, -0.25) is 4.79 Å². The number of hydrogen-bond acceptors (Lipinski definition) is 3. The smallest absolute Gasteiger partial charge is 0.306 e. The average molecular weight is 145 g/mol. The van der Waals surface area contributed by atoms with Gasteiger partial charge >= 0.3 is 5.97 Å². The number of carboxylic acids is 1. The summed E-state index contributed by atoms with van der Waals surface area (Å²) in [6.45, 7) is 1.30. The van der Waals surface area contributed by atoms with Crippen molar-refractivity contribution in [2.45, 2.75) is 12.0 Å². The first-order valence-corrected chi connectivity index (χ1v) is 3.16. The second-order valence-corrected chi connectivity index (χ2v) is 2.56. The molecule has 0 aliphatic carbocycles. The van der Waals surface area contributed by atoms with Crippen molar-refractivity contribution in [3.05, 3.63) is 0 Å². The van der Waals surface area contributed by atoms with Crippen LogP contribution in [0.4, 0.5) is 0 Å². The summed E-state index contributed by atoms with van der Waals surface area (Å²) in [5.41, 5.74) is -0.425. The molecule has 4 nitrogen and oxygen atoms in total. The highest BCUT2D eigenvalue weighted by Gasteiger charge is 2.38. The molecule has 1 fully saturated rings. The van der Waals surface area contributed by atoms with E-state index in [0.29, 0.717) is 13.1 Å². The van der Waals surface area contributed by atoms with E-state index in [1.165, 1.54) is 0 Å². The molecule has 0 amide bonds. The molecule has 0 unspecified atom stereocenters. The summed E-state index contributed by atoms with van der Waals surface area (Å²) >= 11 is 0. The lowest BCUT2D eigenvalue weighted by atomic mass is 9.93. The van der Waals surface area contributed by atoms with Gasteiger partial charge in [-0.05, 0) is 0 Å². The Balaban J connectivity index is 2.40. The molecule has 0 aromatic heterocycles.